The zero-order valence-corrected chi connectivity index (χ0v) is 13.8. The molecule has 112 valence electrons. The number of benzene rings is 1. The lowest BCUT2D eigenvalue weighted by Gasteiger charge is -2.08. The third kappa shape index (κ3) is 3.86. The third-order valence-corrected chi connectivity index (χ3v) is 5.56. The molecule has 0 saturated carbocycles. The number of hydrogen-bond acceptors (Lipinski definition) is 4. The molecule has 3 nitrogen and oxygen atoms in total. The van der Waals surface area contributed by atoms with Gasteiger partial charge in [-0.05, 0) is 51.6 Å². The zero-order chi connectivity index (χ0) is 15.6. The van der Waals surface area contributed by atoms with Crippen LogP contribution in [0.3, 0.4) is 0 Å². The van der Waals surface area contributed by atoms with Crippen molar-refractivity contribution in [3.05, 3.63) is 47.4 Å². The van der Waals surface area contributed by atoms with Crippen LogP contribution in [0.15, 0.2) is 36.9 Å². The minimum atomic E-state index is -3.91. The van der Waals surface area contributed by atoms with Crippen LogP contribution in [0.5, 0.6) is 0 Å². The number of rotatable bonds is 5. The normalized spacial score (nSPS) is 13.1. The molecule has 0 bridgehead atoms. The Kier molecular flexibility index (Phi) is 5.10. The lowest BCUT2D eigenvalue weighted by molar-refractivity contribution is 0.0555. The number of carbonyl (C=O) groups excluding carboxylic acids is 1. The summed E-state index contributed by atoms with van der Waals surface area (Å²) in [7, 11) is 0. The first-order valence-corrected chi connectivity index (χ1v) is 10.2. The molecule has 0 aliphatic heterocycles. The average Bonchev–Trinajstić information content (AvgIpc) is 2.85. The maximum absolute atomic E-state index is 13.9. The number of alkyl halides is 1. The van der Waals surface area contributed by atoms with Gasteiger partial charge in [-0.1, -0.05) is 18.7 Å². The maximum atomic E-state index is 13.9. The summed E-state index contributed by atoms with van der Waals surface area (Å²) in [6.07, 6.45) is 1.47. The molecule has 1 aromatic carbocycles. The van der Waals surface area contributed by atoms with Gasteiger partial charge in [0, 0.05) is 4.70 Å². The molecule has 0 unspecified atom stereocenters. The van der Waals surface area contributed by atoms with Crippen molar-refractivity contribution < 1.29 is 18.5 Å². The SMILES string of the molecule is C=CCOC(=O)c1cc2cc([C@H](F)P(=O)(Cl)Cl)ccc2s1. The first-order valence-electron chi connectivity index (χ1n) is 5.77. The summed E-state index contributed by atoms with van der Waals surface area (Å²) in [5.41, 5.74) is 0.111. The first kappa shape index (κ1) is 16.5. The summed E-state index contributed by atoms with van der Waals surface area (Å²) in [5, 5.41) is 0.632. The van der Waals surface area contributed by atoms with Crippen LogP contribution in [0.1, 0.15) is 21.1 Å². The molecule has 0 aliphatic rings. The molecule has 2 aromatic rings. The van der Waals surface area contributed by atoms with E-state index in [1.807, 2.05) is 0 Å². The van der Waals surface area contributed by atoms with Crippen LogP contribution in [-0.2, 0) is 9.30 Å². The highest BCUT2D eigenvalue weighted by atomic mass is 35.9. The highest BCUT2D eigenvalue weighted by molar-refractivity contribution is 8.08. The van der Waals surface area contributed by atoms with E-state index >= 15 is 0 Å². The second-order valence-electron chi connectivity index (χ2n) is 4.13. The predicted molar refractivity (Wildman–Crippen MR) is 85.5 cm³/mol. The molecular formula is C13H10Cl2FO3PS. The van der Waals surface area contributed by atoms with Crippen LogP contribution in [0.25, 0.3) is 10.1 Å². The molecule has 0 radical (unpaired) electrons. The number of ether oxygens (including phenoxy) is 1. The maximum Gasteiger partial charge on any atom is 0.348 e. The smallest absolute Gasteiger partial charge is 0.348 e. The number of carbonyl (C=O) groups is 1. The molecule has 0 fully saturated rings. The van der Waals surface area contributed by atoms with Crippen molar-refractivity contribution in [1.82, 2.24) is 0 Å². The highest BCUT2D eigenvalue weighted by Crippen LogP contribution is 2.68. The number of thiophene rings is 1. The van der Waals surface area contributed by atoms with Crippen molar-refractivity contribution in [2.45, 2.75) is 5.91 Å². The monoisotopic (exact) mass is 366 g/mol. The molecule has 1 heterocycles. The lowest BCUT2D eigenvalue weighted by Crippen LogP contribution is -2.02. The van der Waals surface area contributed by atoms with Crippen LogP contribution in [0.4, 0.5) is 4.39 Å². The Morgan fingerprint density at radius 1 is 1.48 bits per heavy atom. The summed E-state index contributed by atoms with van der Waals surface area (Å²) >= 11 is 11.9. The highest BCUT2D eigenvalue weighted by Gasteiger charge is 2.30. The van der Waals surface area contributed by atoms with E-state index in [4.69, 9.17) is 27.2 Å². The van der Waals surface area contributed by atoms with E-state index in [1.165, 1.54) is 29.5 Å². The van der Waals surface area contributed by atoms with Crippen LogP contribution >= 0.6 is 39.7 Å². The third-order valence-electron chi connectivity index (χ3n) is 2.61. The second-order valence-corrected chi connectivity index (χ2v) is 10.2. The molecule has 0 amide bonds. The summed E-state index contributed by atoms with van der Waals surface area (Å²) in [4.78, 5) is 12.1. The molecule has 2 rings (SSSR count). The van der Waals surface area contributed by atoms with Gasteiger partial charge in [0.1, 0.15) is 11.5 Å². The molecule has 21 heavy (non-hydrogen) atoms. The largest absolute Gasteiger partial charge is 0.457 e. The number of hydrogen-bond donors (Lipinski definition) is 0. The summed E-state index contributed by atoms with van der Waals surface area (Å²) in [6.45, 7) is 3.57. The van der Waals surface area contributed by atoms with Crippen molar-refractivity contribution in [3.63, 3.8) is 0 Å². The van der Waals surface area contributed by atoms with E-state index in [0.717, 1.165) is 4.70 Å². The summed E-state index contributed by atoms with van der Waals surface area (Å²) in [5.74, 6) is -6.34. The van der Waals surface area contributed by atoms with Gasteiger partial charge in [-0.15, -0.1) is 11.3 Å². The van der Waals surface area contributed by atoms with Crippen LogP contribution < -0.4 is 0 Å². The number of fused-ring (bicyclic) bond motifs is 1. The van der Waals surface area contributed by atoms with E-state index in [2.05, 4.69) is 6.58 Å². The van der Waals surface area contributed by atoms with Gasteiger partial charge < -0.3 is 4.74 Å². The van der Waals surface area contributed by atoms with E-state index in [1.54, 1.807) is 12.1 Å². The second kappa shape index (κ2) is 6.49. The Morgan fingerprint density at radius 3 is 2.81 bits per heavy atom. The fourth-order valence-corrected chi connectivity index (χ4v) is 3.81. The molecule has 0 saturated heterocycles. The Labute approximate surface area is 134 Å². The minimum absolute atomic E-state index is 0.111. The van der Waals surface area contributed by atoms with Crippen LogP contribution in [0, 0.1) is 0 Å². The number of halogens is 3. The minimum Gasteiger partial charge on any atom is -0.457 e. The van der Waals surface area contributed by atoms with Gasteiger partial charge in [-0.2, -0.15) is 0 Å². The van der Waals surface area contributed by atoms with E-state index in [-0.39, 0.29) is 12.2 Å². The zero-order valence-electron chi connectivity index (χ0n) is 10.6. The fraction of sp³-hybridized carbons (Fsp3) is 0.154. The predicted octanol–water partition coefficient (Wildman–Crippen LogP) is 5.88. The van der Waals surface area contributed by atoms with Crippen molar-refractivity contribution in [2.75, 3.05) is 6.61 Å². The standard InChI is InChI=1S/C13H10Cl2FO3PS/c1-2-5-19-13(17)11-7-9-6-8(3-4-10(9)21-11)12(16)20(14,15)18/h2-4,6-7,12H,1,5H2/t12-/m1/s1. The Bertz CT molecular complexity index is 740. The van der Waals surface area contributed by atoms with Gasteiger partial charge in [0.05, 0.1) is 0 Å². The number of esters is 1. The lowest BCUT2D eigenvalue weighted by atomic mass is 10.2. The Morgan fingerprint density at radius 2 is 2.19 bits per heavy atom. The van der Waals surface area contributed by atoms with Gasteiger partial charge in [-0.3, -0.25) is 4.57 Å². The molecule has 1 aromatic heterocycles. The van der Waals surface area contributed by atoms with Crippen molar-refractivity contribution >= 4 is 55.7 Å². The molecule has 0 N–H and O–H groups in total. The summed E-state index contributed by atoms with van der Waals surface area (Å²) < 4.78 is 30.9. The van der Waals surface area contributed by atoms with Crippen molar-refractivity contribution in [2.24, 2.45) is 0 Å². The van der Waals surface area contributed by atoms with Gasteiger partial charge in [0.15, 0.2) is 0 Å². The van der Waals surface area contributed by atoms with Gasteiger partial charge >= 0.3 is 5.97 Å². The quantitative estimate of drug-likeness (QED) is 0.376. The van der Waals surface area contributed by atoms with E-state index in [0.29, 0.717) is 10.3 Å². The fourth-order valence-electron chi connectivity index (χ4n) is 1.69. The van der Waals surface area contributed by atoms with Gasteiger partial charge in [0.2, 0.25) is 5.91 Å². The molecular weight excluding hydrogens is 357 g/mol. The van der Waals surface area contributed by atoms with Gasteiger partial charge in [-0.25, -0.2) is 9.18 Å². The van der Waals surface area contributed by atoms with Crippen molar-refractivity contribution in [1.29, 1.82) is 0 Å². The topological polar surface area (TPSA) is 43.4 Å². The molecule has 1 atom stereocenters. The molecule has 0 spiro atoms. The van der Waals surface area contributed by atoms with Crippen LogP contribution in [0.2, 0.25) is 0 Å². The summed E-state index contributed by atoms with van der Waals surface area (Å²) in [6, 6.07) is 6.11. The van der Waals surface area contributed by atoms with Gasteiger partial charge in [0.25, 0.3) is 5.85 Å². The van der Waals surface area contributed by atoms with Crippen LogP contribution in [-0.4, -0.2) is 12.6 Å². The molecule has 8 heteroatoms. The Balaban J connectivity index is 2.34. The molecule has 0 aliphatic carbocycles. The Hall–Kier alpha value is -0.870. The first-order chi connectivity index (χ1) is 9.82. The average molecular weight is 367 g/mol. The van der Waals surface area contributed by atoms with E-state index in [9.17, 15) is 13.8 Å². The van der Waals surface area contributed by atoms with E-state index < -0.39 is 17.7 Å². The van der Waals surface area contributed by atoms with Crippen molar-refractivity contribution in [3.8, 4) is 0 Å².